The van der Waals surface area contributed by atoms with Crippen molar-refractivity contribution in [2.24, 2.45) is 5.92 Å². The average Bonchev–Trinajstić information content (AvgIpc) is 3.00. The Morgan fingerprint density at radius 2 is 1.92 bits per heavy atom. The van der Waals surface area contributed by atoms with Gasteiger partial charge in [-0.2, -0.15) is 0 Å². The van der Waals surface area contributed by atoms with Gasteiger partial charge in [0.15, 0.2) is 11.6 Å². The van der Waals surface area contributed by atoms with E-state index >= 15 is 0 Å². The van der Waals surface area contributed by atoms with Gasteiger partial charge >= 0.3 is 6.09 Å². The Bertz CT molecular complexity index is 753. The summed E-state index contributed by atoms with van der Waals surface area (Å²) in [5, 5.41) is 2.79. The minimum atomic E-state index is -0.776. The lowest BCUT2D eigenvalue weighted by Gasteiger charge is -2.45. The molecular formula is C19H22F2N2O3. The van der Waals surface area contributed by atoms with Crippen molar-refractivity contribution in [3.05, 3.63) is 34.9 Å². The first-order valence-corrected chi connectivity index (χ1v) is 9.07. The van der Waals surface area contributed by atoms with Crippen molar-refractivity contribution in [2.45, 2.75) is 44.1 Å². The number of carbonyl (C=O) groups is 2. The Morgan fingerprint density at radius 3 is 2.54 bits per heavy atom. The van der Waals surface area contributed by atoms with Gasteiger partial charge in [-0.1, -0.05) is 12.1 Å². The van der Waals surface area contributed by atoms with Crippen LogP contribution in [0.3, 0.4) is 0 Å². The first-order chi connectivity index (χ1) is 12.4. The van der Waals surface area contributed by atoms with E-state index in [0.29, 0.717) is 56.5 Å². The zero-order chi connectivity index (χ0) is 18.5. The molecule has 1 N–H and O–H groups in total. The summed E-state index contributed by atoms with van der Waals surface area (Å²) in [4.78, 5) is 25.6. The third-order valence-corrected chi connectivity index (χ3v) is 6.02. The van der Waals surface area contributed by atoms with Gasteiger partial charge in [-0.25, -0.2) is 13.6 Å². The lowest BCUT2D eigenvalue weighted by Crippen LogP contribution is -2.58. The van der Waals surface area contributed by atoms with Crippen LogP contribution in [0.5, 0.6) is 0 Å². The SMILES string of the molecule is Cc1ccc(C2CCN(C(=O)C3CC4(COC(=O)N4)C3)CC2)c(F)c1F. The van der Waals surface area contributed by atoms with Crippen LogP contribution in [0.2, 0.25) is 0 Å². The Morgan fingerprint density at radius 1 is 1.23 bits per heavy atom. The van der Waals surface area contributed by atoms with Gasteiger partial charge in [0.25, 0.3) is 0 Å². The Hall–Kier alpha value is -2.18. The molecule has 2 amide bonds. The number of halogens is 2. The molecule has 0 aromatic heterocycles. The Kier molecular flexibility index (Phi) is 4.12. The van der Waals surface area contributed by atoms with Crippen molar-refractivity contribution in [3.8, 4) is 0 Å². The molecule has 0 radical (unpaired) electrons. The van der Waals surface area contributed by atoms with Crippen molar-refractivity contribution >= 4 is 12.0 Å². The maximum atomic E-state index is 14.2. The third-order valence-electron chi connectivity index (χ3n) is 6.02. The molecule has 1 saturated carbocycles. The number of nitrogens with one attached hydrogen (secondary N) is 1. The van der Waals surface area contributed by atoms with Gasteiger partial charge in [0.05, 0.1) is 5.54 Å². The third kappa shape index (κ3) is 2.83. The van der Waals surface area contributed by atoms with Crippen molar-refractivity contribution < 1.29 is 23.1 Å². The average molecular weight is 364 g/mol. The summed E-state index contributed by atoms with van der Waals surface area (Å²) in [7, 11) is 0. The smallest absolute Gasteiger partial charge is 0.407 e. The summed E-state index contributed by atoms with van der Waals surface area (Å²) in [5.74, 6) is -1.61. The number of carbonyl (C=O) groups excluding carboxylic acids is 2. The van der Waals surface area contributed by atoms with E-state index in [2.05, 4.69) is 5.32 Å². The molecule has 2 aliphatic heterocycles. The van der Waals surface area contributed by atoms with Crippen LogP contribution >= 0.6 is 0 Å². The van der Waals surface area contributed by atoms with Gasteiger partial charge < -0.3 is 15.0 Å². The largest absolute Gasteiger partial charge is 0.447 e. The lowest BCUT2D eigenvalue weighted by molar-refractivity contribution is -0.142. The highest BCUT2D eigenvalue weighted by Crippen LogP contribution is 2.42. The molecule has 4 rings (SSSR count). The molecule has 2 heterocycles. The van der Waals surface area contributed by atoms with E-state index in [4.69, 9.17) is 4.74 Å². The highest BCUT2D eigenvalue weighted by Gasteiger charge is 2.53. The minimum absolute atomic E-state index is 0.0654. The summed E-state index contributed by atoms with van der Waals surface area (Å²) >= 11 is 0. The first-order valence-electron chi connectivity index (χ1n) is 9.07. The second kappa shape index (κ2) is 6.21. The number of hydrogen-bond donors (Lipinski definition) is 1. The standard InChI is InChI=1S/C19H22F2N2O3/c1-11-2-3-14(16(21)15(11)20)12-4-6-23(7-5-12)17(24)13-8-19(9-13)10-26-18(25)22-19/h2-3,12-13H,4-10H2,1H3,(H,22,25). The fourth-order valence-electron chi connectivity index (χ4n) is 4.42. The van der Waals surface area contributed by atoms with Gasteiger partial charge in [-0.05, 0) is 49.7 Å². The minimum Gasteiger partial charge on any atom is -0.447 e. The number of alkyl carbamates (subject to hydrolysis) is 1. The summed E-state index contributed by atoms with van der Waals surface area (Å²) < 4.78 is 32.9. The molecule has 1 aromatic rings. The summed E-state index contributed by atoms with van der Waals surface area (Å²) in [6.45, 7) is 2.97. The van der Waals surface area contributed by atoms with Crippen molar-refractivity contribution in [1.29, 1.82) is 0 Å². The second-order valence-electron chi connectivity index (χ2n) is 7.79. The predicted molar refractivity (Wildman–Crippen MR) is 89.6 cm³/mol. The van der Waals surface area contributed by atoms with E-state index in [9.17, 15) is 18.4 Å². The van der Waals surface area contributed by atoms with E-state index in [-0.39, 0.29) is 23.3 Å². The monoisotopic (exact) mass is 364 g/mol. The molecule has 2 saturated heterocycles. The van der Waals surface area contributed by atoms with Crippen LogP contribution in [0.25, 0.3) is 0 Å². The van der Waals surface area contributed by atoms with Crippen LogP contribution in [0.4, 0.5) is 13.6 Å². The van der Waals surface area contributed by atoms with Crippen molar-refractivity contribution in [2.75, 3.05) is 19.7 Å². The molecule has 0 bridgehead atoms. The fourth-order valence-corrected chi connectivity index (χ4v) is 4.42. The second-order valence-corrected chi connectivity index (χ2v) is 7.79. The number of piperidine rings is 1. The predicted octanol–water partition coefficient (Wildman–Crippen LogP) is 2.87. The maximum Gasteiger partial charge on any atom is 0.407 e. The number of aryl methyl sites for hydroxylation is 1. The summed E-state index contributed by atoms with van der Waals surface area (Å²) in [5.41, 5.74) is 0.354. The number of cyclic esters (lactones) is 1. The van der Waals surface area contributed by atoms with Gasteiger partial charge in [0.1, 0.15) is 6.61 Å². The lowest BCUT2D eigenvalue weighted by atomic mass is 9.68. The summed E-state index contributed by atoms with van der Waals surface area (Å²) in [6.07, 6.45) is 2.06. The van der Waals surface area contributed by atoms with E-state index in [1.54, 1.807) is 19.1 Å². The topological polar surface area (TPSA) is 58.6 Å². The van der Waals surface area contributed by atoms with Crippen LogP contribution in [0.1, 0.15) is 42.7 Å². The molecule has 7 heteroatoms. The van der Waals surface area contributed by atoms with Crippen LogP contribution in [-0.4, -0.2) is 42.1 Å². The molecule has 3 fully saturated rings. The Labute approximate surface area is 150 Å². The molecule has 3 aliphatic rings. The maximum absolute atomic E-state index is 14.2. The molecule has 5 nitrogen and oxygen atoms in total. The first kappa shape index (κ1) is 17.2. The molecule has 0 unspecified atom stereocenters. The molecule has 1 aliphatic carbocycles. The van der Waals surface area contributed by atoms with Crippen LogP contribution in [-0.2, 0) is 9.53 Å². The molecule has 140 valence electrons. The zero-order valence-corrected chi connectivity index (χ0v) is 14.7. The molecule has 1 spiro atoms. The number of ether oxygens (including phenoxy) is 1. The van der Waals surface area contributed by atoms with Crippen LogP contribution < -0.4 is 5.32 Å². The molecule has 1 aromatic carbocycles. The number of likely N-dealkylation sites (tertiary alicyclic amines) is 1. The van der Waals surface area contributed by atoms with Crippen LogP contribution in [0, 0.1) is 24.5 Å². The van der Waals surface area contributed by atoms with Gasteiger partial charge in [0, 0.05) is 19.0 Å². The molecular weight excluding hydrogens is 342 g/mol. The fraction of sp³-hybridized carbons (Fsp3) is 0.579. The Balaban J connectivity index is 1.34. The number of amides is 2. The van der Waals surface area contributed by atoms with Crippen molar-refractivity contribution in [3.63, 3.8) is 0 Å². The number of nitrogens with zero attached hydrogens (tertiary/aromatic N) is 1. The molecule has 26 heavy (non-hydrogen) atoms. The highest BCUT2D eigenvalue weighted by molar-refractivity contribution is 5.81. The summed E-state index contributed by atoms with van der Waals surface area (Å²) in [6, 6.07) is 3.27. The van der Waals surface area contributed by atoms with Gasteiger partial charge in [0.2, 0.25) is 5.91 Å². The number of hydrogen-bond acceptors (Lipinski definition) is 3. The van der Waals surface area contributed by atoms with E-state index in [1.807, 2.05) is 4.90 Å². The number of rotatable bonds is 2. The highest BCUT2D eigenvalue weighted by atomic mass is 19.2. The van der Waals surface area contributed by atoms with Gasteiger partial charge in [-0.15, -0.1) is 0 Å². The zero-order valence-electron chi connectivity index (χ0n) is 14.7. The van der Waals surface area contributed by atoms with E-state index in [0.717, 1.165) is 0 Å². The number of benzene rings is 1. The van der Waals surface area contributed by atoms with E-state index in [1.165, 1.54) is 0 Å². The molecule has 0 atom stereocenters. The van der Waals surface area contributed by atoms with Gasteiger partial charge in [-0.3, -0.25) is 4.79 Å². The van der Waals surface area contributed by atoms with Crippen LogP contribution in [0.15, 0.2) is 12.1 Å². The quantitative estimate of drug-likeness (QED) is 0.878. The van der Waals surface area contributed by atoms with E-state index < -0.39 is 17.7 Å². The normalized spacial score (nSPS) is 28.7. The van der Waals surface area contributed by atoms with Crippen molar-refractivity contribution in [1.82, 2.24) is 10.2 Å².